The average Bonchev–Trinajstić information content (AvgIpc) is 1.67. The van der Waals surface area contributed by atoms with Gasteiger partial charge in [0.1, 0.15) is 0 Å². The summed E-state index contributed by atoms with van der Waals surface area (Å²) in [6.45, 7) is 8.70. The molecular formula is C7H14O. The number of rotatable bonds is 3. The monoisotopic (exact) mass is 114 g/mol. The number of ether oxygens (including phenoxy) is 1. The van der Waals surface area contributed by atoms with Crippen molar-refractivity contribution in [3.05, 3.63) is 12.2 Å². The van der Waals surface area contributed by atoms with Gasteiger partial charge in [0.25, 0.3) is 0 Å². The Bertz CT molecular complexity index is 76.5. The van der Waals surface area contributed by atoms with Gasteiger partial charge < -0.3 is 4.74 Å². The Morgan fingerprint density at radius 2 is 2.25 bits per heavy atom. The predicted octanol–water partition coefficient (Wildman–Crippen LogP) is 1.84. The van der Waals surface area contributed by atoms with E-state index in [1.165, 1.54) is 5.57 Å². The minimum atomic E-state index is 0.500. The Morgan fingerprint density at radius 3 is 2.38 bits per heavy atom. The lowest BCUT2D eigenvalue weighted by molar-refractivity contribution is 0.172. The van der Waals surface area contributed by atoms with E-state index >= 15 is 0 Å². The summed E-state index contributed by atoms with van der Waals surface area (Å²) in [5.74, 6) is 0.500. The zero-order chi connectivity index (χ0) is 6.57. The van der Waals surface area contributed by atoms with E-state index in [-0.39, 0.29) is 0 Å². The molecule has 0 amide bonds. The molecule has 1 unspecified atom stereocenters. The lowest BCUT2D eigenvalue weighted by Crippen LogP contribution is -2.03. The van der Waals surface area contributed by atoms with Crippen molar-refractivity contribution in [1.29, 1.82) is 0 Å². The van der Waals surface area contributed by atoms with Crippen LogP contribution in [0.25, 0.3) is 0 Å². The topological polar surface area (TPSA) is 9.23 Å². The largest absolute Gasteiger partial charge is 0.384 e. The molecule has 0 aromatic rings. The zero-order valence-electron chi connectivity index (χ0n) is 5.90. The van der Waals surface area contributed by atoms with E-state index < -0.39 is 0 Å². The summed E-state index contributed by atoms with van der Waals surface area (Å²) in [7, 11) is 1.71. The van der Waals surface area contributed by atoms with E-state index in [9.17, 15) is 0 Å². The van der Waals surface area contributed by atoms with Gasteiger partial charge >= 0.3 is 0 Å². The molecule has 0 aliphatic heterocycles. The second-order valence-corrected chi connectivity index (χ2v) is 2.20. The smallest absolute Gasteiger partial charge is 0.0524 e. The molecular weight excluding hydrogens is 100 g/mol. The fraction of sp³-hybridized carbons (Fsp3) is 0.714. The van der Waals surface area contributed by atoms with Gasteiger partial charge in [-0.1, -0.05) is 19.1 Å². The van der Waals surface area contributed by atoms with E-state index in [1.54, 1.807) is 7.11 Å². The summed E-state index contributed by atoms with van der Waals surface area (Å²) >= 11 is 0. The average molecular weight is 114 g/mol. The van der Waals surface area contributed by atoms with Crippen LogP contribution in [0.3, 0.4) is 0 Å². The first-order valence-corrected chi connectivity index (χ1v) is 2.82. The molecule has 0 N–H and O–H groups in total. The number of hydrogen-bond donors (Lipinski definition) is 0. The second-order valence-electron chi connectivity index (χ2n) is 2.20. The van der Waals surface area contributed by atoms with Gasteiger partial charge in [-0.2, -0.15) is 0 Å². The van der Waals surface area contributed by atoms with Crippen LogP contribution >= 0.6 is 0 Å². The molecule has 0 aliphatic rings. The first-order valence-electron chi connectivity index (χ1n) is 2.82. The lowest BCUT2D eigenvalue weighted by atomic mass is 10.1. The third-order valence-electron chi connectivity index (χ3n) is 1.26. The minimum absolute atomic E-state index is 0.500. The van der Waals surface area contributed by atoms with E-state index in [1.807, 2.05) is 6.92 Å². The molecule has 8 heavy (non-hydrogen) atoms. The van der Waals surface area contributed by atoms with Crippen LogP contribution in [0.15, 0.2) is 12.2 Å². The molecule has 0 radical (unpaired) electrons. The molecule has 0 aromatic heterocycles. The Labute approximate surface area is 51.4 Å². The van der Waals surface area contributed by atoms with Crippen molar-refractivity contribution in [2.45, 2.75) is 13.8 Å². The summed E-state index contributed by atoms with van der Waals surface area (Å²) < 4.78 is 4.90. The number of hydrogen-bond acceptors (Lipinski definition) is 1. The molecule has 0 rings (SSSR count). The molecule has 0 aliphatic carbocycles. The summed E-state index contributed by atoms with van der Waals surface area (Å²) in [5, 5.41) is 0. The highest BCUT2D eigenvalue weighted by Gasteiger charge is 1.98. The van der Waals surface area contributed by atoms with Crippen molar-refractivity contribution in [3.8, 4) is 0 Å². The maximum absolute atomic E-state index is 4.90. The number of methoxy groups -OCH3 is 1. The molecule has 0 bridgehead atoms. The van der Waals surface area contributed by atoms with Gasteiger partial charge in [-0.15, -0.1) is 0 Å². The van der Waals surface area contributed by atoms with Crippen molar-refractivity contribution < 1.29 is 4.74 Å². The van der Waals surface area contributed by atoms with Gasteiger partial charge in [0.15, 0.2) is 0 Å². The summed E-state index contributed by atoms with van der Waals surface area (Å²) in [5.41, 5.74) is 1.19. The SMILES string of the molecule is C=C(C)C(C)COC. The van der Waals surface area contributed by atoms with Gasteiger partial charge in [0, 0.05) is 7.11 Å². The first kappa shape index (κ1) is 7.70. The molecule has 48 valence electrons. The van der Waals surface area contributed by atoms with Crippen LogP contribution in [-0.4, -0.2) is 13.7 Å². The highest BCUT2D eigenvalue weighted by Crippen LogP contribution is 2.05. The van der Waals surface area contributed by atoms with E-state index in [2.05, 4.69) is 13.5 Å². The van der Waals surface area contributed by atoms with Crippen molar-refractivity contribution in [2.75, 3.05) is 13.7 Å². The van der Waals surface area contributed by atoms with Crippen molar-refractivity contribution in [2.24, 2.45) is 5.92 Å². The Morgan fingerprint density at radius 1 is 1.75 bits per heavy atom. The van der Waals surface area contributed by atoms with Crippen molar-refractivity contribution >= 4 is 0 Å². The Kier molecular flexibility index (Phi) is 3.53. The molecule has 0 heterocycles. The molecule has 0 saturated carbocycles. The van der Waals surface area contributed by atoms with Gasteiger partial charge in [0.2, 0.25) is 0 Å². The van der Waals surface area contributed by atoms with E-state index in [0.29, 0.717) is 5.92 Å². The maximum Gasteiger partial charge on any atom is 0.0524 e. The molecule has 0 spiro atoms. The van der Waals surface area contributed by atoms with Gasteiger partial charge in [-0.05, 0) is 12.8 Å². The normalized spacial score (nSPS) is 13.4. The van der Waals surface area contributed by atoms with Gasteiger partial charge in [-0.25, -0.2) is 0 Å². The molecule has 0 saturated heterocycles. The quantitative estimate of drug-likeness (QED) is 0.509. The third-order valence-corrected chi connectivity index (χ3v) is 1.26. The maximum atomic E-state index is 4.90. The first-order chi connectivity index (χ1) is 3.68. The van der Waals surface area contributed by atoms with Crippen LogP contribution in [0, 0.1) is 5.92 Å². The fourth-order valence-corrected chi connectivity index (χ4v) is 0.392. The highest BCUT2D eigenvalue weighted by molar-refractivity contribution is 4.93. The minimum Gasteiger partial charge on any atom is -0.384 e. The molecule has 1 atom stereocenters. The molecule has 0 aromatic carbocycles. The van der Waals surface area contributed by atoms with E-state index in [4.69, 9.17) is 4.74 Å². The van der Waals surface area contributed by atoms with Crippen LogP contribution < -0.4 is 0 Å². The summed E-state index contributed by atoms with van der Waals surface area (Å²) in [6.07, 6.45) is 0. The van der Waals surface area contributed by atoms with Gasteiger partial charge in [0.05, 0.1) is 6.61 Å². The van der Waals surface area contributed by atoms with Crippen LogP contribution in [0.1, 0.15) is 13.8 Å². The molecule has 1 heteroatoms. The third kappa shape index (κ3) is 2.80. The van der Waals surface area contributed by atoms with Crippen LogP contribution in [0.4, 0.5) is 0 Å². The van der Waals surface area contributed by atoms with Crippen LogP contribution in [0.2, 0.25) is 0 Å². The standard InChI is InChI=1S/C7H14O/c1-6(2)7(3)5-8-4/h7H,1,5H2,2-4H3. The van der Waals surface area contributed by atoms with Crippen molar-refractivity contribution in [1.82, 2.24) is 0 Å². The fourth-order valence-electron chi connectivity index (χ4n) is 0.392. The van der Waals surface area contributed by atoms with Crippen LogP contribution in [-0.2, 0) is 4.74 Å². The lowest BCUT2D eigenvalue weighted by Gasteiger charge is -2.07. The van der Waals surface area contributed by atoms with Crippen LogP contribution in [0.5, 0.6) is 0 Å². The molecule has 1 nitrogen and oxygen atoms in total. The summed E-state index contributed by atoms with van der Waals surface area (Å²) in [6, 6.07) is 0. The second kappa shape index (κ2) is 3.67. The zero-order valence-corrected chi connectivity index (χ0v) is 5.90. The van der Waals surface area contributed by atoms with Gasteiger partial charge in [-0.3, -0.25) is 0 Å². The van der Waals surface area contributed by atoms with Crippen molar-refractivity contribution in [3.63, 3.8) is 0 Å². The predicted molar refractivity (Wildman–Crippen MR) is 35.9 cm³/mol. The highest BCUT2D eigenvalue weighted by atomic mass is 16.5. The van der Waals surface area contributed by atoms with E-state index in [0.717, 1.165) is 6.61 Å². The molecule has 0 fully saturated rings. The Hall–Kier alpha value is -0.300. The summed E-state index contributed by atoms with van der Waals surface area (Å²) in [4.78, 5) is 0. The Balaban J connectivity index is 3.32.